The van der Waals surface area contributed by atoms with Crippen LogP contribution >= 0.6 is 0 Å². The van der Waals surface area contributed by atoms with Crippen molar-refractivity contribution in [2.24, 2.45) is 5.73 Å². The smallest absolute Gasteiger partial charge is 0.250 e. The van der Waals surface area contributed by atoms with Crippen molar-refractivity contribution in [2.75, 3.05) is 11.9 Å². The highest BCUT2D eigenvalue weighted by molar-refractivity contribution is 6.08. The number of carbonyl (C=O) groups is 1. The summed E-state index contributed by atoms with van der Waals surface area (Å²) in [5.74, 6) is -0.532. The van der Waals surface area contributed by atoms with Gasteiger partial charge in [0.05, 0.1) is 23.0 Å². The number of nitriles is 1. The lowest BCUT2D eigenvalue weighted by atomic mass is 9.99. The monoisotopic (exact) mass is 328 g/mol. The van der Waals surface area contributed by atoms with E-state index in [0.29, 0.717) is 16.8 Å². The lowest BCUT2D eigenvalue weighted by Crippen LogP contribution is -2.15. The molecular weight excluding hydrogens is 312 g/mol. The molecule has 0 aliphatic carbocycles. The molecule has 1 amide bonds. The van der Waals surface area contributed by atoms with Crippen LogP contribution in [0.5, 0.6) is 0 Å². The summed E-state index contributed by atoms with van der Waals surface area (Å²) >= 11 is 0. The molecule has 3 aromatic rings. The number of carbonyl (C=O) groups excluding carboxylic acids is 1. The lowest BCUT2D eigenvalue weighted by Gasteiger charge is -2.14. The molecular formula is C20H16N4O. The number of benzene rings is 2. The Bertz CT molecular complexity index is 1000. The Hall–Kier alpha value is -3.65. The predicted molar refractivity (Wildman–Crippen MR) is 98.9 cm³/mol. The van der Waals surface area contributed by atoms with Gasteiger partial charge in [0.15, 0.2) is 0 Å². The van der Waals surface area contributed by atoms with Crippen molar-refractivity contribution in [3.8, 4) is 17.3 Å². The molecule has 0 spiro atoms. The minimum atomic E-state index is -0.532. The van der Waals surface area contributed by atoms with Crippen LogP contribution in [-0.2, 0) is 0 Å². The fraction of sp³-hybridized carbons (Fsp3) is 0.0500. The van der Waals surface area contributed by atoms with Crippen molar-refractivity contribution >= 4 is 22.4 Å². The number of nitrogens with two attached hydrogens (primary N) is 1. The Morgan fingerprint density at radius 1 is 1.24 bits per heavy atom. The number of amides is 1. The van der Waals surface area contributed by atoms with E-state index in [4.69, 9.17) is 11.0 Å². The SMILES string of the molecule is C=C(C#N)CNc1c(C(N)=O)ccc2ccc(-c3ccccn3)cc12. The number of hydrogen-bond acceptors (Lipinski definition) is 4. The highest BCUT2D eigenvalue weighted by Gasteiger charge is 2.13. The molecule has 3 N–H and O–H groups in total. The Kier molecular flexibility index (Phi) is 4.44. The van der Waals surface area contributed by atoms with Crippen LogP contribution < -0.4 is 11.1 Å². The Labute approximate surface area is 145 Å². The van der Waals surface area contributed by atoms with Crippen LogP contribution in [0.4, 0.5) is 5.69 Å². The second-order valence-electron chi connectivity index (χ2n) is 5.57. The van der Waals surface area contributed by atoms with E-state index in [1.807, 2.05) is 48.5 Å². The minimum Gasteiger partial charge on any atom is -0.379 e. The summed E-state index contributed by atoms with van der Waals surface area (Å²) in [5, 5.41) is 13.8. The molecule has 2 aromatic carbocycles. The van der Waals surface area contributed by atoms with E-state index in [9.17, 15) is 4.79 Å². The molecule has 0 radical (unpaired) electrons. The van der Waals surface area contributed by atoms with Crippen LogP contribution in [0.15, 0.2) is 66.9 Å². The summed E-state index contributed by atoms with van der Waals surface area (Å²) in [6.45, 7) is 3.90. The van der Waals surface area contributed by atoms with Crippen LogP contribution in [0.3, 0.4) is 0 Å². The quantitative estimate of drug-likeness (QED) is 0.701. The third kappa shape index (κ3) is 3.33. The first-order valence-corrected chi connectivity index (χ1v) is 7.70. The van der Waals surface area contributed by atoms with Gasteiger partial charge >= 0.3 is 0 Å². The van der Waals surface area contributed by atoms with E-state index in [1.165, 1.54) is 0 Å². The van der Waals surface area contributed by atoms with E-state index in [2.05, 4.69) is 16.9 Å². The topological polar surface area (TPSA) is 91.8 Å². The van der Waals surface area contributed by atoms with Crippen molar-refractivity contribution in [1.29, 1.82) is 5.26 Å². The van der Waals surface area contributed by atoms with Gasteiger partial charge in [-0.3, -0.25) is 9.78 Å². The number of anilines is 1. The van der Waals surface area contributed by atoms with Crippen molar-refractivity contribution in [3.63, 3.8) is 0 Å². The number of fused-ring (bicyclic) bond motifs is 1. The van der Waals surface area contributed by atoms with Gasteiger partial charge in [0.1, 0.15) is 0 Å². The van der Waals surface area contributed by atoms with Crippen molar-refractivity contribution in [2.45, 2.75) is 0 Å². The molecule has 0 aliphatic rings. The highest BCUT2D eigenvalue weighted by Crippen LogP contribution is 2.31. The van der Waals surface area contributed by atoms with E-state index in [1.54, 1.807) is 12.3 Å². The third-order valence-electron chi connectivity index (χ3n) is 3.88. The van der Waals surface area contributed by atoms with Crippen molar-refractivity contribution in [1.82, 2.24) is 4.98 Å². The second kappa shape index (κ2) is 6.85. The molecule has 5 heteroatoms. The first kappa shape index (κ1) is 16.2. The first-order valence-electron chi connectivity index (χ1n) is 7.70. The molecule has 3 rings (SSSR count). The van der Waals surface area contributed by atoms with Gasteiger partial charge in [0.25, 0.3) is 5.91 Å². The molecule has 0 fully saturated rings. The maximum absolute atomic E-state index is 11.8. The maximum atomic E-state index is 11.8. The third-order valence-corrected chi connectivity index (χ3v) is 3.88. The van der Waals surface area contributed by atoms with Gasteiger partial charge < -0.3 is 11.1 Å². The number of hydrogen-bond donors (Lipinski definition) is 2. The molecule has 0 unspecified atom stereocenters. The van der Waals surface area contributed by atoms with Crippen LogP contribution in [-0.4, -0.2) is 17.4 Å². The largest absolute Gasteiger partial charge is 0.379 e. The number of pyridine rings is 1. The van der Waals surface area contributed by atoms with E-state index in [0.717, 1.165) is 22.0 Å². The average molecular weight is 328 g/mol. The average Bonchev–Trinajstić information content (AvgIpc) is 2.65. The number of nitrogens with zero attached hydrogens (tertiary/aromatic N) is 2. The zero-order valence-corrected chi connectivity index (χ0v) is 13.5. The summed E-state index contributed by atoms with van der Waals surface area (Å²) in [6, 6.07) is 17.1. The molecule has 25 heavy (non-hydrogen) atoms. The number of nitrogens with one attached hydrogen (secondary N) is 1. The van der Waals surface area contributed by atoms with Crippen LogP contribution in [0.25, 0.3) is 22.0 Å². The maximum Gasteiger partial charge on any atom is 0.250 e. The molecule has 1 heterocycles. The van der Waals surface area contributed by atoms with E-state index < -0.39 is 5.91 Å². The fourth-order valence-corrected chi connectivity index (χ4v) is 2.64. The van der Waals surface area contributed by atoms with E-state index >= 15 is 0 Å². The zero-order chi connectivity index (χ0) is 17.8. The molecule has 1 aromatic heterocycles. The predicted octanol–water partition coefficient (Wildman–Crippen LogP) is 3.49. The Morgan fingerprint density at radius 2 is 2.04 bits per heavy atom. The first-order chi connectivity index (χ1) is 12.1. The molecule has 0 atom stereocenters. The van der Waals surface area contributed by atoms with Gasteiger partial charge in [-0.05, 0) is 29.7 Å². The minimum absolute atomic E-state index is 0.240. The fourth-order valence-electron chi connectivity index (χ4n) is 2.64. The van der Waals surface area contributed by atoms with Gasteiger partial charge in [-0.15, -0.1) is 0 Å². The zero-order valence-electron chi connectivity index (χ0n) is 13.5. The Balaban J connectivity index is 2.17. The van der Waals surface area contributed by atoms with Gasteiger partial charge in [0, 0.05) is 29.3 Å². The van der Waals surface area contributed by atoms with Crippen molar-refractivity contribution in [3.05, 3.63) is 72.4 Å². The summed E-state index contributed by atoms with van der Waals surface area (Å²) in [5.41, 5.74) is 8.61. The molecule has 5 nitrogen and oxygen atoms in total. The molecule has 0 saturated carbocycles. The van der Waals surface area contributed by atoms with Crippen LogP contribution in [0.2, 0.25) is 0 Å². The summed E-state index contributed by atoms with van der Waals surface area (Å²) in [6.07, 6.45) is 1.73. The second-order valence-corrected chi connectivity index (χ2v) is 5.57. The molecule has 0 aliphatic heterocycles. The normalized spacial score (nSPS) is 10.2. The number of aromatic nitrogens is 1. The summed E-state index contributed by atoms with van der Waals surface area (Å²) < 4.78 is 0. The molecule has 0 bridgehead atoms. The van der Waals surface area contributed by atoms with E-state index in [-0.39, 0.29) is 6.54 Å². The van der Waals surface area contributed by atoms with Crippen molar-refractivity contribution < 1.29 is 4.79 Å². The highest BCUT2D eigenvalue weighted by atomic mass is 16.1. The van der Waals surface area contributed by atoms with Crippen LogP contribution in [0, 0.1) is 11.3 Å². The Morgan fingerprint density at radius 3 is 2.72 bits per heavy atom. The van der Waals surface area contributed by atoms with Gasteiger partial charge in [-0.1, -0.05) is 30.8 Å². The number of primary amides is 1. The van der Waals surface area contributed by atoms with Gasteiger partial charge in [-0.25, -0.2) is 0 Å². The summed E-state index contributed by atoms with van der Waals surface area (Å²) in [7, 11) is 0. The molecule has 0 saturated heterocycles. The lowest BCUT2D eigenvalue weighted by molar-refractivity contribution is 0.100. The van der Waals surface area contributed by atoms with Crippen LogP contribution in [0.1, 0.15) is 10.4 Å². The van der Waals surface area contributed by atoms with Gasteiger partial charge in [0.2, 0.25) is 0 Å². The van der Waals surface area contributed by atoms with Gasteiger partial charge in [-0.2, -0.15) is 5.26 Å². The molecule has 122 valence electrons. The number of rotatable bonds is 5. The summed E-state index contributed by atoms with van der Waals surface area (Å²) in [4.78, 5) is 16.2. The standard InChI is InChI=1S/C20H16N4O/c1-13(11-21)12-24-19-16(20(22)25)8-7-14-5-6-15(10-17(14)19)18-4-2-3-9-23-18/h2-10,24H,1,12H2,(H2,22,25).